The molecule has 0 aliphatic rings. The zero-order valence-electron chi connectivity index (χ0n) is 12.4. The molecule has 0 spiro atoms. The van der Waals surface area contributed by atoms with Crippen LogP contribution in [0.2, 0.25) is 0 Å². The van der Waals surface area contributed by atoms with Gasteiger partial charge in [-0.1, -0.05) is 0 Å². The van der Waals surface area contributed by atoms with E-state index in [-0.39, 0.29) is 31.5 Å². The van der Waals surface area contributed by atoms with Gasteiger partial charge in [-0.25, -0.2) is 0 Å². The van der Waals surface area contributed by atoms with Crippen molar-refractivity contribution in [2.24, 2.45) is 0 Å². The van der Waals surface area contributed by atoms with Crippen LogP contribution in [0.3, 0.4) is 0 Å². The summed E-state index contributed by atoms with van der Waals surface area (Å²) < 4.78 is 11.9. The normalized spacial score (nSPS) is 14.4. The van der Waals surface area contributed by atoms with Crippen LogP contribution in [0.4, 0.5) is 5.95 Å². The molecule has 2 atom stereocenters. The van der Waals surface area contributed by atoms with Crippen LogP contribution in [0, 0.1) is 6.92 Å². The van der Waals surface area contributed by atoms with Gasteiger partial charge in [-0.3, -0.25) is 9.78 Å². The first-order chi connectivity index (χ1) is 10.5. The van der Waals surface area contributed by atoms with E-state index in [0.717, 1.165) is 5.56 Å². The van der Waals surface area contributed by atoms with E-state index < -0.39 is 12.2 Å². The van der Waals surface area contributed by atoms with Crippen molar-refractivity contribution in [1.29, 1.82) is 0 Å². The Kier molecular flexibility index (Phi) is 5.14. The van der Waals surface area contributed by atoms with Crippen molar-refractivity contribution in [3.8, 4) is 0 Å². The first-order valence-corrected chi connectivity index (χ1v) is 6.72. The first kappa shape index (κ1) is 16.4. The van der Waals surface area contributed by atoms with E-state index in [4.69, 9.17) is 15.2 Å². The quantitative estimate of drug-likeness (QED) is 0.512. The van der Waals surface area contributed by atoms with Gasteiger partial charge in [-0.2, -0.15) is 4.98 Å². The molecule has 2 aromatic heterocycles. The number of nitrogens with zero attached hydrogens (tertiary/aromatic N) is 2. The number of anilines is 1. The highest BCUT2D eigenvalue weighted by atomic mass is 16.5. The number of H-pyrrole nitrogens is 1. The Bertz CT molecular complexity index is 696. The topological polar surface area (TPSA) is 136 Å². The van der Waals surface area contributed by atoms with Gasteiger partial charge in [0.1, 0.15) is 18.9 Å². The SMILES string of the molecule is COCC(O)[C@@H](CO)OCn1cc(C)c2c(=O)[nH]c(N)nc21. The molecule has 0 aliphatic heterocycles. The number of nitrogen functional groups attached to an aromatic ring is 1. The fourth-order valence-electron chi connectivity index (χ4n) is 2.24. The van der Waals surface area contributed by atoms with Crippen molar-refractivity contribution >= 4 is 17.0 Å². The number of aliphatic hydroxyl groups excluding tert-OH is 2. The summed E-state index contributed by atoms with van der Waals surface area (Å²) in [4.78, 5) is 18.4. The summed E-state index contributed by atoms with van der Waals surface area (Å²) in [5.74, 6) is 0.00924. The molecule has 5 N–H and O–H groups in total. The van der Waals surface area contributed by atoms with Crippen LogP contribution in [0.15, 0.2) is 11.0 Å². The lowest BCUT2D eigenvalue weighted by Gasteiger charge is -2.21. The number of aromatic amines is 1. The molecule has 0 radical (unpaired) electrons. The Morgan fingerprint density at radius 1 is 1.55 bits per heavy atom. The van der Waals surface area contributed by atoms with Crippen molar-refractivity contribution in [2.75, 3.05) is 26.1 Å². The number of nitrogens with one attached hydrogen (secondary N) is 1. The molecule has 0 bridgehead atoms. The summed E-state index contributed by atoms with van der Waals surface area (Å²) in [7, 11) is 1.44. The highest BCUT2D eigenvalue weighted by molar-refractivity contribution is 5.79. The first-order valence-electron chi connectivity index (χ1n) is 6.72. The van der Waals surface area contributed by atoms with E-state index in [1.54, 1.807) is 17.7 Å². The van der Waals surface area contributed by atoms with Gasteiger partial charge in [0.05, 0.1) is 18.6 Å². The summed E-state index contributed by atoms with van der Waals surface area (Å²) in [6.45, 7) is 1.46. The summed E-state index contributed by atoms with van der Waals surface area (Å²) in [6, 6.07) is 0. The van der Waals surface area contributed by atoms with Crippen LogP contribution >= 0.6 is 0 Å². The van der Waals surface area contributed by atoms with Crippen molar-refractivity contribution in [2.45, 2.75) is 25.9 Å². The maximum atomic E-state index is 11.9. The van der Waals surface area contributed by atoms with Crippen LogP contribution in [0.1, 0.15) is 5.56 Å². The maximum Gasteiger partial charge on any atom is 0.262 e. The number of aromatic nitrogens is 3. The molecule has 0 aromatic carbocycles. The van der Waals surface area contributed by atoms with Crippen LogP contribution in [-0.2, 0) is 16.2 Å². The molecule has 2 heterocycles. The van der Waals surface area contributed by atoms with Crippen LogP contribution in [-0.4, -0.2) is 57.3 Å². The van der Waals surface area contributed by atoms with Crippen LogP contribution in [0.5, 0.6) is 0 Å². The number of rotatable bonds is 7. The minimum Gasteiger partial charge on any atom is -0.394 e. The monoisotopic (exact) mass is 312 g/mol. The second-order valence-corrected chi connectivity index (χ2v) is 4.97. The van der Waals surface area contributed by atoms with E-state index in [9.17, 15) is 15.0 Å². The third-order valence-electron chi connectivity index (χ3n) is 3.31. The van der Waals surface area contributed by atoms with Crippen LogP contribution < -0.4 is 11.3 Å². The molecule has 22 heavy (non-hydrogen) atoms. The molecule has 9 nitrogen and oxygen atoms in total. The fourth-order valence-corrected chi connectivity index (χ4v) is 2.24. The number of hydrogen-bond donors (Lipinski definition) is 4. The average molecular weight is 312 g/mol. The lowest BCUT2D eigenvalue weighted by atomic mass is 10.2. The summed E-state index contributed by atoms with van der Waals surface area (Å²) in [5.41, 5.74) is 6.35. The van der Waals surface area contributed by atoms with Gasteiger partial charge in [0.25, 0.3) is 5.56 Å². The molecule has 0 fully saturated rings. The largest absolute Gasteiger partial charge is 0.394 e. The van der Waals surface area contributed by atoms with Crippen molar-refractivity contribution in [1.82, 2.24) is 14.5 Å². The Morgan fingerprint density at radius 2 is 2.27 bits per heavy atom. The molecular formula is C13H20N4O5. The average Bonchev–Trinajstić information content (AvgIpc) is 2.76. The Labute approximate surface area is 126 Å². The molecule has 2 aromatic rings. The third kappa shape index (κ3) is 3.28. The van der Waals surface area contributed by atoms with E-state index in [1.807, 2.05) is 0 Å². The number of hydrogen-bond acceptors (Lipinski definition) is 7. The van der Waals surface area contributed by atoms with Crippen LogP contribution in [0.25, 0.3) is 11.0 Å². The van der Waals surface area contributed by atoms with Crippen molar-refractivity contribution in [3.05, 3.63) is 22.1 Å². The molecule has 2 rings (SSSR count). The lowest BCUT2D eigenvalue weighted by molar-refractivity contribution is -0.104. The van der Waals surface area contributed by atoms with Crippen molar-refractivity contribution < 1.29 is 19.7 Å². The predicted molar refractivity (Wildman–Crippen MR) is 79.3 cm³/mol. The number of fused-ring (bicyclic) bond motifs is 1. The number of aryl methyl sites for hydroxylation is 1. The number of ether oxygens (including phenoxy) is 2. The molecule has 0 amide bonds. The third-order valence-corrected chi connectivity index (χ3v) is 3.31. The minimum absolute atomic E-state index is 0.00618. The van der Waals surface area contributed by atoms with E-state index >= 15 is 0 Å². The highest BCUT2D eigenvalue weighted by Gasteiger charge is 2.20. The summed E-state index contributed by atoms with van der Waals surface area (Å²) in [5, 5.41) is 19.5. The molecule has 9 heteroatoms. The van der Waals surface area contributed by atoms with E-state index in [0.29, 0.717) is 11.0 Å². The summed E-state index contributed by atoms with van der Waals surface area (Å²) >= 11 is 0. The maximum absolute atomic E-state index is 11.9. The van der Waals surface area contributed by atoms with Gasteiger partial charge < -0.3 is 30.0 Å². The zero-order chi connectivity index (χ0) is 16.3. The number of methoxy groups -OCH3 is 1. The fraction of sp³-hybridized carbons (Fsp3) is 0.538. The summed E-state index contributed by atoms with van der Waals surface area (Å²) in [6.07, 6.45) is -0.0693. The Balaban J connectivity index is 2.23. The van der Waals surface area contributed by atoms with Gasteiger partial charge in [0.2, 0.25) is 5.95 Å². The second-order valence-electron chi connectivity index (χ2n) is 4.97. The van der Waals surface area contributed by atoms with E-state index in [1.165, 1.54) is 7.11 Å². The highest BCUT2D eigenvalue weighted by Crippen LogP contribution is 2.16. The second kappa shape index (κ2) is 6.88. The lowest BCUT2D eigenvalue weighted by Crippen LogP contribution is -2.36. The van der Waals surface area contributed by atoms with Gasteiger partial charge in [0.15, 0.2) is 5.65 Å². The van der Waals surface area contributed by atoms with Gasteiger partial charge in [-0.15, -0.1) is 0 Å². The van der Waals surface area contributed by atoms with Crippen molar-refractivity contribution in [3.63, 3.8) is 0 Å². The molecule has 0 aliphatic carbocycles. The Morgan fingerprint density at radius 3 is 2.91 bits per heavy atom. The Hall–Kier alpha value is -1.94. The molecule has 1 unspecified atom stereocenters. The van der Waals surface area contributed by atoms with E-state index in [2.05, 4.69) is 9.97 Å². The minimum atomic E-state index is -0.959. The molecule has 0 saturated heterocycles. The smallest absolute Gasteiger partial charge is 0.262 e. The predicted octanol–water partition coefficient (Wildman–Crippen LogP) is -1.04. The molecule has 122 valence electrons. The van der Waals surface area contributed by atoms with Gasteiger partial charge >= 0.3 is 0 Å². The van der Waals surface area contributed by atoms with Gasteiger partial charge in [0, 0.05) is 13.3 Å². The molecular weight excluding hydrogens is 292 g/mol. The number of nitrogens with two attached hydrogens (primary N) is 1. The van der Waals surface area contributed by atoms with Gasteiger partial charge in [-0.05, 0) is 12.5 Å². The number of aliphatic hydroxyl groups is 2. The standard InChI is InChI=1S/C13H20N4O5/c1-7-3-17(6-22-9(4-18)8(19)5-21-2)11-10(7)12(20)16-13(14)15-11/h3,8-9,18-19H,4-6H2,1-2H3,(H3,14,15,16,20)/t8?,9-/m1/s1. The molecule has 0 saturated carbocycles. The zero-order valence-corrected chi connectivity index (χ0v) is 12.4.